The highest BCUT2D eigenvalue weighted by atomic mass is 16.5. The summed E-state index contributed by atoms with van der Waals surface area (Å²) < 4.78 is 10.4. The van der Waals surface area contributed by atoms with Crippen LogP contribution in [0.15, 0.2) is 72.8 Å². The molecule has 3 aromatic carbocycles. The fraction of sp³-hybridized carbons (Fsp3) is 0.241. The lowest BCUT2D eigenvalue weighted by atomic mass is 9.82. The van der Waals surface area contributed by atoms with Crippen molar-refractivity contribution in [2.24, 2.45) is 0 Å². The Morgan fingerprint density at radius 2 is 1.10 bits per heavy atom. The summed E-state index contributed by atoms with van der Waals surface area (Å²) in [6.07, 6.45) is 10.1. The molecule has 158 valence electrons. The highest BCUT2D eigenvalue weighted by Crippen LogP contribution is 2.47. The number of ether oxygens (including phenoxy) is 2. The number of benzene rings is 3. The van der Waals surface area contributed by atoms with E-state index in [0.29, 0.717) is 11.5 Å². The Bertz CT molecular complexity index is 984. The lowest BCUT2D eigenvalue weighted by Crippen LogP contribution is -2.14. The van der Waals surface area contributed by atoms with E-state index >= 15 is 0 Å². The van der Waals surface area contributed by atoms with E-state index in [1.807, 2.05) is 19.9 Å². The molecule has 0 N–H and O–H groups in total. The van der Waals surface area contributed by atoms with Crippen LogP contribution in [-0.4, -0.2) is 13.2 Å². The van der Waals surface area contributed by atoms with Crippen molar-refractivity contribution in [3.05, 3.63) is 83.9 Å². The van der Waals surface area contributed by atoms with E-state index in [4.69, 9.17) is 22.3 Å². The Morgan fingerprint density at radius 3 is 1.52 bits per heavy atom. The van der Waals surface area contributed by atoms with Gasteiger partial charge in [0.25, 0.3) is 0 Å². The zero-order valence-electron chi connectivity index (χ0n) is 18.8. The minimum atomic E-state index is 0.160. The van der Waals surface area contributed by atoms with Gasteiger partial charge in [0.15, 0.2) is 0 Å². The first-order chi connectivity index (χ1) is 15.1. The van der Waals surface area contributed by atoms with Crippen molar-refractivity contribution in [2.75, 3.05) is 13.2 Å². The van der Waals surface area contributed by atoms with Crippen LogP contribution in [0.25, 0.3) is 11.1 Å². The van der Waals surface area contributed by atoms with Gasteiger partial charge >= 0.3 is 0 Å². The number of hydrogen-bond acceptors (Lipinski definition) is 2. The van der Waals surface area contributed by atoms with Crippen LogP contribution in [0, 0.1) is 24.7 Å². The van der Waals surface area contributed by atoms with Crippen LogP contribution in [0.1, 0.15) is 38.8 Å². The van der Waals surface area contributed by atoms with E-state index in [1.165, 1.54) is 22.3 Å². The van der Waals surface area contributed by atoms with Gasteiger partial charge < -0.3 is 9.47 Å². The van der Waals surface area contributed by atoms with Gasteiger partial charge in [0.2, 0.25) is 0 Å². The Balaban J connectivity index is 0.000000205. The van der Waals surface area contributed by atoms with Gasteiger partial charge in [-0.15, -0.1) is 12.8 Å². The molecule has 0 spiro atoms. The molecule has 2 heteroatoms. The summed E-state index contributed by atoms with van der Waals surface area (Å²) in [5, 5.41) is 0. The molecule has 3 aromatic rings. The van der Waals surface area contributed by atoms with Crippen molar-refractivity contribution in [3.8, 4) is 47.3 Å². The number of rotatable bonds is 4. The number of hydrogen-bond donors (Lipinski definition) is 0. The lowest BCUT2D eigenvalue weighted by Gasteiger charge is -2.20. The van der Waals surface area contributed by atoms with E-state index in [2.05, 4.69) is 74.2 Å². The first-order valence-electron chi connectivity index (χ1n) is 10.5. The zero-order valence-corrected chi connectivity index (χ0v) is 18.8. The second-order valence-electron chi connectivity index (χ2n) is 7.18. The predicted molar refractivity (Wildman–Crippen MR) is 130 cm³/mol. The molecule has 0 aliphatic heterocycles. The second kappa shape index (κ2) is 11.5. The SMILES string of the molecule is C#CCOc1cccc(OCC#C)c1.CC.CC1(C)c2ccccc2-c2ccccc21. The third kappa shape index (κ3) is 5.71. The molecule has 0 radical (unpaired) electrons. The van der Waals surface area contributed by atoms with E-state index in [-0.39, 0.29) is 18.6 Å². The van der Waals surface area contributed by atoms with Gasteiger partial charge in [0, 0.05) is 11.5 Å². The largest absolute Gasteiger partial charge is 0.481 e. The molecular formula is C29H30O2. The van der Waals surface area contributed by atoms with Gasteiger partial charge in [-0.1, -0.05) is 94.1 Å². The third-order valence-electron chi connectivity index (χ3n) is 4.94. The molecule has 1 aliphatic carbocycles. The Hall–Kier alpha value is -3.62. The Labute approximate surface area is 187 Å². The smallest absolute Gasteiger partial charge is 0.148 e. The van der Waals surface area contributed by atoms with E-state index in [9.17, 15) is 0 Å². The predicted octanol–water partition coefficient (Wildman–Crippen LogP) is 6.73. The van der Waals surface area contributed by atoms with Gasteiger partial charge in [-0.25, -0.2) is 0 Å². The normalized spacial score (nSPS) is 11.7. The van der Waals surface area contributed by atoms with Crippen molar-refractivity contribution >= 4 is 0 Å². The molecule has 0 fully saturated rings. The van der Waals surface area contributed by atoms with Crippen LogP contribution in [0.4, 0.5) is 0 Å². The topological polar surface area (TPSA) is 18.5 Å². The lowest BCUT2D eigenvalue weighted by molar-refractivity contribution is 0.352. The van der Waals surface area contributed by atoms with Crippen LogP contribution in [-0.2, 0) is 5.41 Å². The minimum Gasteiger partial charge on any atom is -0.481 e. The van der Waals surface area contributed by atoms with E-state index < -0.39 is 0 Å². The fourth-order valence-electron chi connectivity index (χ4n) is 3.57. The van der Waals surface area contributed by atoms with Crippen LogP contribution < -0.4 is 9.47 Å². The zero-order chi connectivity index (χ0) is 22.7. The maximum Gasteiger partial charge on any atom is 0.148 e. The molecule has 0 saturated heterocycles. The van der Waals surface area contributed by atoms with Gasteiger partial charge in [-0.05, 0) is 34.4 Å². The summed E-state index contributed by atoms with van der Waals surface area (Å²) in [6, 6.07) is 24.6. The van der Waals surface area contributed by atoms with Crippen molar-refractivity contribution in [1.29, 1.82) is 0 Å². The van der Waals surface area contributed by atoms with Crippen molar-refractivity contribution in [3.63, 3.8) is 0 Å². The molecule has 0 amide bonds. The minimum absolute atomic E-state index is 0.160. The molecule has 4 rings (SSSR count). The van der Waals surface area contributed by atoms with Gasteiger partial charge in [-0.2, -0.15) is 0 Å². The summed E-state index contributed by atoms with van der Waals surface area (Å²) in [5.74, 6) is 6.12. The number of fused-ring (bicyclic) bond motifs is 3. The summed E-state index contributed by atoms with van der Waals surface area (Å²) >= 11 is 0. The van der Waals surface area contributed by atoms with Crippen LogP contribution >= 0.6 is 0 Å². The molecule has 0 saturated carbocycles. The summed E-state index contributed by atoms with van der Waals surface area (Å²) in [7, 11) is 0. The monoisotopic (exact) mass is 410 g/mol. The van der Waals surface area contributed by atoms with Gasteiger partial charge in [-0.3, -0.25) is 0 Å². The van der Waals surface area contributed by atoms with Crippen LogP contribution in [0.2, 0.25) is 0 Å². The highest BCUT2D eigenvalue weighted by molar-refractivity contribution is 5.80. The fourth-order valence-corrected chi connectivity index (χ4v) is 3.57. The maximum atomic E-state index is 5.21. The van der Waals surface area contributed by atoms with Crippen LogP contribution in [0.3, 0.4) is 0 Å². The average molecular weight is 411 g/mol. The molecule has 0 heterocycles. The van der Waals surface area contributed by atoms with Crippen LogP contribution in [0.5, 0.6) is 11.5 Å². The number of terminal acetylenes is 2. The van der Waals surface area contributed by atoms with E-state index in [0.717, 1.165) is 0 Å². The van der Waals surface area contributed by atoms with Gasteiger partial charge in [0.1, 0.15) is 24.7 Å². The molecule has 0 unspecified atom stereocenters. The van der Waals surface area contributed by atoms with E-state index in [1.54, 1.807) is 18.2 Å². The summed E-state index contributed by atoms with van der Waals surface area (Å²) in [5.41, 5.74) is 5.86. The molecule has 31 heavy (non-hydrogen) atoms. The summed E-state index contributed by atoms with van der Waals surface area (Å²) in [4.78, 5) is 0. The summed E-state index contributed by atoms with van der Waals surface area (Å²) in [6.45, 7) is 9.10. The molecule has 0 atom stereocenters. The first kappa shape index (κ1) is 23.7. The van der Waals surface area contributed by atoms with Gasteiger partial charge in [0.05, 0.1) is 0 Å². The maximum absolute atomic E-state index is 5.21. The molecular weight excluding hydrogens is 380 g/mol. The Morgan fingerprint density at radius 1 is 0.677 bits per heavy atom. The second-order valence-corrected chi connectivity index (χ2v) is 7.18. The molecule has 1 aliphatic rings. The standard InChI is InChI=1S/C15H14.C12H10O2.C2H6/c1-15(2)13-9-5-3-7-11(13)12-8-4-6-10-14(12)15;1-3-8-13-11-6-5-7-12(10-11)14-9-4-2;1-2/h3-10H,1-2H3;1-2,5-7,10H,8-9H2;1-2H3. The highest BCUT2D eigenvalue weighted by Gasteiger charge is 2.34. The third-order valence-corrected chi connectivity index (χ3v) is 4.94. The van der Waals surface area contributed by atoms with Crippen molar-refractivity contribution in [2.45, 2.75) is 33.1 Å². The molecule has 2 nitrogen and oxygen atoms in total. The first-order valence-corrected chi connectivity index (χ1v) is 10.5. The van der Waals surface area contributed by atoms with Crippen molar-refractivity contribution in [1.82, 2.24) is 0 Å². The quantitative estimate of drug-likeness (QED) is 0.444. The van der Waals surface area contributed by atoms with Crippen molar-refractivity contribution < 1.29 is 9.47 Å². The molecule has 0 aromatic heterocycles. The Kier molecular flexibility index (Phi) is 8.80. The molecule has 0 bridgehead atoms. The average Bonchev–Trinajstić information content (AvgIpc) is 3.06.